The van der Waals surface area contributed by atoms with Gasteiger partial charge in [0.1, 0.15) is 23.6 Å². The van der Waals surface area contributed by atoms with E-state index in [1.807, 2.05) is 38.1 Å². The summed E-state index contributed by atoms with van der Waals surface area (Å²) in [6, 6.07) is 24.9. The Morgan fingerprint density at radius 2 is 1.76 bits per heavy atom. The number of rotatable bonds is 9. The molecular weight excluding hydrogens is 410 g/mol. The summed E-state index contributed by atoms with van der Waals surface area (Å²) < 4.78 is 19.1. The predicted octanol–water partition coefficient (Wildman–Crippen LogP) is 6.61. The van der Waals surface area contributed by atoms with Crippen LogP contribution < -0.4 is 10.1 Å². The monoisotopic (exact) mass is 443 g/mol. The van der Waals surface area contributed by atoms with Crippen LogP contribution in [-0.4, -0.2) is 18.3 Å². The molecule has 0 fully saturated rings. The lowest BCUT2D eigenvalue weighted by Crippen LogP contribution is -2.51. The fraction of sp³-hybridized carbons (Fsp3) is 0.310. The maximum absolute atomic E-state index is 6.51. The van der Waals surface area contributed by atoms with Crippen LogP contribution in [0.4, 0.5) is 5.69 Å². The van der Waals surface area contributed by atoms with E-state index >= 15 is 0 Å². The van der Waals surface area contributed by atoms with E-state index < -0.39 is 5.60 Å². The highest BCUT2D eigenvalue weighted by molar-refractivity contribution is 5.54. The number of nitrogens with one attached hydrogen (secondary N) is 1. The topological polar surface area (TPSA) is 39.7 Å². The van der Waals surface area contributed by atoms with E-state index in [1.54, 1.807) is 6.08 Å². The number of hydrogen-bond acceptors (Lipinski definition) is 4. The van der Waals surface area contributed by atoms with E-state index in [1.165, 1.54) is 11.1 Å². The van der Waals surface area contributed by atoms with Crippen LogP contribution in [0.25, 0.3) is 0 Å². The molecule has 2 atom stereocenters. The molecule has 0 radical (unpaired) electrons. The van der Waals surface area contributed by atoms with Gasteiger partial charge in [-0.05, 0) is 55.7 Å². The zero-order valence-electron chi connectivity index (χ0n) is 19.7. The van der Waals surface area contributed by atoms with Crippen molar-refractivity contribution in [1.29, 1.82) is 0 Å². The highest BCUT2D eigenvalue weighted by atomic mass is 16.6. The van der Waals surface area contributed by atoms with Crippen molar-refractivity contribution in [2.45, 2.75) is 51.7 Å². The molecule has 4 nitrogen and oxygen atoms in total. The molecule has 4 heteroatoms. The number of benzene rings is 3. The summed E-state index contributed by atoms with van der Waals surface area (Å²) in [6.07, 6.45) is 1.21. The lowest BCUT2D eigenvalue weighted by molar-refractivity contribution is -0.161. The second-order valence-electron chi connectivity index (χ2n) is 9.00. The molecule has 0 aromatic heterocycles. The molecule has 1 heterocycles. The molecule has 0 aliphatic carbocycles. The molecule has 0 amide bonds. The maximum Gasteiger partial charge on any atom is 0.132 e. The summed E-state index contributed by atoms with van der Waals surface area (Å²) in [7, 11) is 0. The number of fused-ring (bicyclic) bond motifs is 1. The van der Waals surface area contributed by atoms with Gasteiger partial charge in [-0.3, -0.25) is 0 Å². The smallest absolute Gasteiger partial charge is 0.132 e. The maximum atomic E-state index is 6.51. The second-order valence-corrected chi connectivity index (χ2v) is 9.00. The van der Waals surface area contributed by atoms with E-state index in [-0.39, 0.29) is 12.2 Å². The number of hydrogen-bond donors (Lipinski definition) is 1. The summed E-state index contributed by atoms with van der Waals surface area (Å²) >= 11 is 0. The van der Waals surface area contributed by atoms with Gasteiger partial charge in [0.15, 0.2) is 0 Å². The number of anilines is 1. The van der Waals surface area contributed by atoms with Crippen molar-refractivity contribution in [2.75, 3.05) is 11.9 Å². The van der Waals surface area contributed by atoms with Crippen molar-refractivity contribution in [3.8, 4) is 5.75 Å². The van der Waals surface area contributed by atoms with Crippen molar-refractivity contribution in [3.63, 3.8) is 0 Å². The molecule has 172 valence electrons. The summed E-state index contributed by atoms with van der Waals surface area (Å²) in [6.45, 7) is 11.7. The largest absolute Gasteiger partial charge is 0.485 e. The molecule has 0 saturated heterocycles. The third kappa shape index (κ3) is 5.47. The third-order valence-corrected chi connectivity index (χ3v) is 6.06. The van der Waals surface area contributed by atoms with Crippen LogP contribution in [-0.2, 0) is 22.6 Å². The highest BCUT2D eigenvalue weighted by Gasteiger charge is 2.45. The Kier molecular flexibility index (Phi) is 7.17. The summed E-state index contributed by atoms with van der Waals surface area (Å²) in [5, 5.41) is 3.56. The van der Waals surface area contributed by atoms with Crippen LogP contribution in [0.2, 0.25) is 0 Å². The standard InChI is InChI=1S/C29H33NO3/c1-5-17-31-28-27(32-20-22-12-7-6-8-13-22)25-18-24(15-16-26(25)33-29(28,3)4)30-19-23-14-10-9-11-21(23)2/h5-16,18,27-28,30H,1,17,19-20H2,2-4H3. The summed E-state index contributed by atoms with van der Waals surface area (Å²) in [5.74, 6) is 0.831. The van der Waals surface area contributed by atoms with Crippen molar-refractivity contribution in [2.24, 2.45) is 0 Å². The third-order valence-electron chi connectivity index (χ3n) is 6.06. The molecule has 2 unspecified atom stereocenters. The molecule has 0 saturated carbocycles. The molecule has 33 heavy (non-hydrogen) atoms. The van der Waals surface area contributed by atoms with Crippen molar-refractivity contribution >= 4 is 5.69 Å². The molecule has 4 rings (SSSR count). The minimum absolute atomic E-state index is 0.274. The second kappa shape index (κ2) is 10.2. The van der Waals surface area contributed by atoms with Crippen LogP contribution >= 0.6 is 0 Å². The van der Waals surface area contributed by atoms with Crippen LogP contribution in [0.1, 0.15) is 42.2 Å². The average Bonchev–Trinajstić information content (AvgIpc) is 2.81. The molecular formula is C29H33NO3. The minimum atomic E-state index is -0.548. The summed E-state index contributed by atoms with van der Waals surface area (Å²) in [4.78, 5) is 0. The van der Waals surface area contributed by atoms with Gasteiger partial charge >= 0.3 is 0 Å². The molecule has 1 aliphatic rings. The van der Waals surface area contributed by atoms with Gasteiger partial charge < -0.3 is 19.5 Å². The van der Waals surface area contributed by atoms with Crippen LogP contribution in [0, 0.1) is 6.92 Å². The summed E-state index contributed by atoms with van der Waals surface area (Å²) in [5.41, 5.74) is 5.14. The van der Waals surface area contributed by atoms with Crippen LogP contribution in [0.3, 0.4) is 0 Å². The molecule has 3 aromatic carbocycles. The van der Waals surface area contributed by atoms with Gasteiger partial charge in [-0.15, -0.1) is 6.58 Å². The fourth-order valence-electron chi connectivity index (χ4n) is 4.25. The average molecular weight is 444 g/mol. The highest BCUT2D eigenvalue weighted by Crippen LogP contribution is 2.44. The Morgan fingerprint density at radius 3 is 2.52 bits per heavy atom. The van der Waals surface area contributed by atoms with Gasteiger partial charge in [-0.25, -0.2) is 0 Å². The lowest BCUT2D eigenvalue weighted by atomic mass is 9.87. The van der Waals surface area contributed by atoms with Gasteiger partial charge in [0.25, 0.3) is 0 Å². The Labute approximate surface area is 197 Å². The number of ether oxygens (including phenoxy) is 3. The Balaban J connectivity index is 1.61. The Hall–Kier alpha value is -3.08. The zero-order valence-corrected chi connectivity index (χ0v) is 19.7. The van der Waals surface area contributed by atoms with Gasteiger partial charge in [-0.2, -0.15) is 0 Å². The predicted molar refractivity (Wildman–Crippen MR) is 134 cm³/mol. The quantitative estimate of drug-likeness (QED) is 0.378. The molecule has 1 N–H and O–H groups in total. The zero-order chi connectivity index (χ0) is 23.3. The molecule has 0 spiro atoms. The molecule has 3 aromatic rings. The van der Waals surface area contributed by atoms with E-state index in [0.29, 0.717) is 13.2 Å². The van der Waals surface area contributed by atoms with Crippen LogP contribution in [0.5, 0.6) is 5.75 Å². The fourth-order valence-corrected chi connectivity index (χ4v) is 4.25. The first-order valence-electron chi connectivity index (χ1n) is 11.5. The first-order valence-corrected chi connectivity index (χ1v) is 11.5. The number of aryl methyl sites for hydroxylation is 1. The first kappa shape index (κ1) is 23.1. The van der Waals surface area contributed by atoms with Gasteiger partial charge in [-0.1, -0.05) is 60.7 Å². The van der Waals surface area contributed by atoms with E-state index in [9.17, 15) is 0 Å². The van der Waals surface area contributed by atoms with E-state index in [4.69, 9.17) is 14.2 Å². The van der Waals surface area contributed by atoms with Gasteiger partial charge in [0, 0.05) is 17.8 Å². The normalized spacial score (nSPS) is 18.8. The Bertz CT molecular complexity index is 1080. The van der Waals surface area contributed by atoms with E-state index in [2.05, 4.69) is 67.4 Å². The molecule has 1 aliphatic heterocycles. The minimum Gasteiger partial charge on any atom is -0.485 e. The van der Waals surface area contributed by atoms with Crippen molar-refractivity contribution in [1.82, 2.24) is 0 Å². The van der Waals surface area contributed by atoms with E-state index in [0.717, 1.165) is 29.1 Å². The van der Waals surface area contributed by atoms with Crippen molar-refractivity contribution in [3.05, 3.63) is 108 Å². The lowest BCUT2D eigenvalue weighted by Gasteiger charge is -2.44. The van der Waals surface area contributed by atoms with Crippen LogP contribution in [0.15, 0.2) is 85.5 Å². The SMILES string of the molecule is C=CCOC1C(OCc2ccccc2)c2cc(NCc3ccccc3C)ccc2OC1(C)C. The van der Waals surface area contributed by atoms with Gasteiger partial charge in [0.05, 0.1) is 13.2 Å². The molecule has 0 bridgehead atoms. The van der Waals surface area contributed by atoms with Crippen molar-refractivity contribution < 1.29 is 14.2 Å². The van der Waals surface area contributed by atoms with Gasteiger partial charge in [0.2, 0.25) is 0 Å². The first-order chi connectivity index (χ1) is 16.0. The Morgan fingerprint density at radius 1 is 1.00 bits per heavy atom.